The maximum atomic E-state index is 9.34. The second kappa shape index (κ2) is 5.98. The smallest absolute Gasteiger partial charge is 0.128 e. The lowest BCUT2D eigenvalue weighted by atomic mass is 10.2. The van der Waals surface area contributed by atoms with Crippen LogP contribution in [0.4, 0.5) is 5.82 Å². The summed E-state index contributed by atoms with van der Waals surface area (Å²) in [7, 11) is 2.03. The highest BCUT2D eigenvalue weighted by Gasteiger charge is 2.04. The number of hydrogen-bond donors (Lipinski definition) is 1. The molecule has 0 saturated heterocycles. The molecule has 0 aromatic carbocycles. The number of nitrogens with zero attached hydrogens (tertiary/aromatic N) is 2. The van der Waals surface area contributed by atoms with E-state index in [1.807, 2.05) is 30.9 Å². The molecule has 3 nitrogen and oxygen atoms in total. The second-order valence-electron chi connectivity index (χ2n) is 3.54. The van der Waals surface area contributed by atoms with Crippen LogP contribution in [0.5, 0.6) is 0 Å². The zero-order valence-corrected chi connectivity index (χ0v) is 10.3. The van der Waals surface area contributed by atoms with Crippen molar-refractivity contribution in [3.05, 3.63) is 23.9 Å². The van der Waals surface area contributed by atoms with Gasteiger partial charge in [-0.3, -0.25) is 0 Å². The summed E-state index contributed by atoms with van der Waals surface area (Å²) in [4.78, 5) is 6.42. The molecule has 1 aromatic heterocycles. The highest BCUT2D eigenvalue weighted by atomic mass is 32.2. The summed E-state index contributed by atoms with van der Waals surface area (Å²) in [6, 6.07) is 3.87. The van der Waals surface area contributed by atoms with E-state index in [1.165, 1.54) is 0 Å². The molecule has 15 heavy (non-hydrogen) atoms. The lowest BCUT2D eigenvalue weighted by Gasteiger charge is -2.17. The number of aromatic nitrogens is 1. The van der Waals surface area contributed by atoms with Crippen molar-refractivity contribution in [3.63, 3.8) is 0 Å². The van der Waals surface area contributed by atoms with E-state index in [2.05, 4.69) is 16.1 Å². The van der Waals surface area contributed by atoms with E-state index in [0.717, 1.165) is 23.7 Å². The molecule has 1 aromatic rings. The van der Waals surface area contributed by atoms with Gasteiger partial charge in [0.2, 0.25) is 0 Å². The third-order valence-electron chi connectivity index (χ3n) is 2.28. The number of aliphatic hydroxyl groups excluding tert-OH is 1. The first kappa shape index (κ1) is 12.3. The highest BCUT2D eigenvalue weighted by molar-refractivity contribution is 7.98. The Labute approximate surface area is 95.5 Å². The Hall–Kier alpha value is -0.740. The van der Waals surface area contributed by atoms with E-state index in [-0.39, 0.29) is 0 Å². The average Bonchev–Trinajstić information content (AvgIpc) is 2.26. The van der Waals surface area contributed by atoms with Crippen LogP contribution in [0.25, 0.3) is 0 Å². The van der Waals surface area contributed by atoms with E-state index in [4.69, 9.17) is 0 Å². The van der Waals surface area contributed by atoms with E-state index in [9.17, 15) is 5.11 Å². The summed E-state index contributed by atoms with van der Waals surface area (Å²) in [5.41, 5.74) is 0.858. The van der Waals surface area contributed by atoms with Crippen molar-refractivity contribution in [1.82, 2.24) is 4.98 Å². The minimum absolute atomic E-state index is 0.442. The summed E-state index contributed by atoms with van der Waals surface area (Å²) in [5, 5.41) is 9.34. The molecule has 0 bridgehead atoms. The van der Waals surface area contributed by atoms with Gasteiger partial charge in [0.15, 0.2) is 0 Å². The fraction of sp³-hybridized carbons (Fsp3) is 0.545. The average molecular weight is 226 g/mol. The quantitative estimate of drug-likeness (QED) is 0.832. The van der Waals surface area contributed by atoms with E-state index >= 15 is 0 Å². The Morgan fingerprint density at radius 2 is 2.27 bits per heavy atom. The Morgan fingerprint density at radius 1 is 1.53 bits per heavy atom. The van der Waals surface area contributed by atoms with Gasteiger partial charge in [-0.05, 0) is 24.8 Å². The zero-order valence-electron chi connectivity index (χ0n) is 9.47. The molecule has 0 amide bonds. The minimum atomic E-state index is -0.442. The molecular formula is C11H18N2OS. The number of aliphatic hydroxyl groups is 1. The lowest BCUT2D eigenvalue weighted by molar-refractivity contribution is 0.199. The van der Waals surface area contributed by atoms with Gasteiger partial charge in [-0.25, -0.2) is 4.98 Å². The van der Waals surface area contributed by atoms with Crippen LogP contribution in [0.3, 0.4) is 0 Å². The predicted octanol–water partition coefficient (Wildman–Crippen LogP) is 1.93. The van der Waals surface area contributed by atoms with Gasteiger partial charge in [-0.2, -0.15) is 11.8 Å². The van der Waals surface area contributed by atoms with Crippen molar-refractivity contribution in [1.29, 1.82) is 0 Å². The fourth-order valence-corrected chi connectivity index (χ4v) is 1.67. The van der Waals surface area contributed by atoms with Crippen molar-refractivity contribution in [3.8, 4) is 0 Å². The molecule has 0 aliphatic heterocycles. The van der Waals surface area contributed by atoms with Crippen molar-refractivity contribution >= 4 is 17.6 Å². The first-order chi connectivity index (χ1) is 7.15. The molecule has 0 saturated carbocycles. The number of rotatable bonds is 5. The zero-order chi connectivity index (χ0) is 11.3. The Balaban J connectivity index is 2.62. The molecule has 1 unspecified atom stereocenters. The van der Waals surface area contributed by atoms with Crippen molar-refractivity contribution in [2.45, 2.75) is 13.0 Å². The van der Waals surface area contributed by atoms with Gasteiger partial charge < -0.3 is 10.0 Å². The first-order valence-electron chi connectivity index (χ1n) is 4.99. The largest absolute Gasteiger partial charge is 0.389 e. The van der Waals surface area contributed by atoms with Crippen LogP contribution in [0.1, 0.15) is 18.6 Å². The third-order valence-corrected chi connectivity index (χ3v) is 2.87. The van der Waals surface area contributed by atoms with E-state index < -0.39 is 6.10 Å². The molecule has 0 spiro atoms. The summed E-state index contributed by atoms with van der Waals surface area (Å²) >= 11 is 1.82. The van der Waals surface area contributed by atoms with Crippen molar-refractivity contribution in [2.75, 3.05) is 30.5 Å². The minimum Gasteiger partial charge on any atom is -0.389 e. The molecule has 0 fully saturated rings. The molecule has 1 heterocycles. The van der Waals surface area contributed by atoms with Gasteiger partial charge in [0, 0.05) is 25.5 Å². The SMILES string of the molecule is CSCCN(C)c1ccc(C(C)O)cn1. The second-order valence-corrected chi connectivity index (χ2v) is 4.53. The van der Waals surface area contributed by atoms with Crippen LogP contribution >= 0.6 is 11.8 Å². The predicted molar refractivity (Wildman–Crippen MR) is 66.5 cm³/mol. The standard InChI is InChI=1S/C11H18N2OS/c1-9(14)10-4-5-11(12-8-10)13(2)6-7-15-3/h4-5,8-9,14H,6-7H2,1-3H3. The maximum Gasteiger partial charge on any atom is 0.128 e. The summed E-state index contributed by atoms with van der Waals surface area (Å²) in [5.74, 6) is 2.05. The molecule has 1 N–H and O–H groups in total. The normalized spacial score (nSPS) is 12.5. The van der Waals surface area contributed by atoms with Gasteiger partial charge >= 0.3 is 0 Å². The lowest BCUT2D eigenvalue weighted by Crippen LogP contribution is -2.21. The van der Waals surface area contributed by atoms with E-state index in [0.29, 0.717) is 0 Å². The molecule has 0 aliphatic rings. The fourth-order valence-electron chi connectivity index (χ4n) is 1.21. The molecule has 0 aliphatic carbocycles. The van der Waals surface area contributed by atoms with Crippen LogP contribution in [-0.2, 0) is 0 Å². The van der Waals surface area contributed by atoms with Crippen LogP contribution in [-0.4, -0.2) is 35.7 Å². The summed E-state index contributed by atoms with van der Waals surface area (Å²) in [6.45, 7) is 2.73. The van der Waals surface area contributed by atoms with Crippen LogP contribution < -0.4 is 4.90 Å². The van der Waals surface area contributed by atoms with Gasteiger partial charge in [-0.15, -0.1) is 0 Å². The van der Waals surface area contributed by atoms with Gasteiger partial charge in [-0.1, -0.05) is 6.07 Å². The Morgan fingerprint density at radius 3 is 2.73 bits per heavy atom. The first-order valence-corrected chi connectivity index (χ1v) is 6.38. The number of thioether (sulfide) groups is 1. The van der Waals surface area contributed by atoms with Gasteiger partial charge in [0.25, 0.3) is 0 Å². The van der Waals surface area contributed by atoms with Gasteiger partial charge in [0.05, 0.1) is 6.10 Å². The van der Waals surface area contributed by atoms with Crippen molar-refractivity contribution in [2.24, 2.45) is 0 Å². The monoisotopic (exact) mass is 226 g/mol. The summed E-state index contributed by atoms with van der Waals surface area (Å²) < 4.78 is 0. The van der Waals surface area contributed by atoms with Crippen LogP contribution in [0, 0.1) is 0 Å². The van der Waals surface area contributed by atoms with Crippen LogP contribution in [0.2, 0.25) is 0 Å². The molecule has 1 atom stereocenters. The number of hydrogen-bond acceptors (Lipinski definition) is 4. The number of anilines is 1. The third kappa shape index (κ3) is 3.72. The summed E-state index contributed by atoms with van der Waals surface area (Å²) in [6.07, 6.45) is 3.39. The van der Waals surface area contributed by atoms with Crippen molar-refractivity contribution < 1.29 is 5.11 Å². The topological polar surface area (TPSA) is 36.4 Å². The molecular weight excluding hydrogens is 208 g/mol. The molecule has 0 radical (unpaired) electrons. The molecule has 1 rings (SSSR count). The Kier molecular flexibility index (Phi) is 4.91. The van der Waals surface area contributed by atoms with Gasteiger partial charge in [0.1, 0.15) is 5.82 Å². The molecule has 4 heteroatoms. The maximum absolute atomic E-state index is 9.34. The number of pyridine rings is 1. The Bertz CT molecular complexity index is 287. The molecule has 84 valence electrons. The highest BCUT2D eigenvalue weighted by Crippen LogP contribution is 2.14. The van der Waals surface area contributed by atoms with Crippen LogP contribution in [0.15, 0.2) is 18.3 Å². The van der Waals surface area contributed by atoms with E-state index in [1.54, 1.807) is 13.1 Å².